The first-order chi connectivity index (χ1) is 10.3. The molecule has 0 amide bonds. The lowest BCUT2D eigenvalue weighted by Gasteiger charge is -2.17. The molecule has 0 saturated heterocycles. The predicted molar refractivity (Wildman–Crippen MR) is 81.4 cm³/mol. The van der Waals surface area contributed by atoms with Crippen molar-refractivity contribution in [3.05, 3.63) is 30.0 Å². The predicted octanol–water partition coefficient (Wildman–Crippen LogP) is 3.16. The van der Waals surface area contributed by atoms with Crippen LogP contribution in [-0.2, 0) is 4.74 Å². The first kappa shape index (κ1) is 13.8. The summed E-state index contributed by atoms with van der Waals surface area (Å²) in [5.74, 6) is -0.420. The molecule has 1 aliphatic carbocycles. The molecule has 0 aliphatic heterocycles. The van der Waals surface area contributed by atoms with E-state index in [4.69, 9.17) is 4.74 Å². The number of nitrogens with one attached hydrogen (secondary N) is 1. The molecular formula is C16H19N3O2. The quantitative estimate of drug-likeness (QED) is 0.874. The average Bonchev–Trinajstić information content (AvgIpc) is 3.01. The summed E-state index contributed by atoms with van der Waals surface area (Å²) in [6.45, 7) is 2.12. The number of rotatable bonds is 4. The van der Waals surface area contributed by atoms with Crippen LogP contribution in [0.1, 0.15) is 43.1 Å². The van der Waals surface area contributed by atoms with Crippen LogP contribution in [0, 0.1) is 0 Å². The highest BCUT2D eigenvalue weighted by Gasteiger charge is 2.22. The SMILES string of the molecule is CCOC(=O)c1nnc2ccccc2c1NC1CCCC1. The van der Waals surface area contributed by atoms with E-state index in [0.717, 1.165) is 29.4 Å². The van der Waals surface area contributed by atoms with Gasteiger partial charge in [0.15, 0.2) is 5.69 Å². The Balaban J connectivity index is 2.05. The van der Waals surface area contributed by atoms with Gasteiger partial charge < -0.3 is 10.1 Å². The zero-order valence-corrected chi connectivity index (χ0v) is 12.1. The van der Waals surface area contributed by atoms with Gasteiger partial charge in [0, 0.05) is 11.4 Å². The summed E-state index contributed by atoms with van der Waals surface area (Å²) in [6.07, 6.45) is 4.70. The minimum Gasteiger partial charge on any atom is -0.461 e. The van der Waals surface area contributed by atoms with Crippen molar-refractivity contribution in [1.82, 2.24) is 10.2 Å². The van der Waals surface area contributed by atoms with E-state index in [-0.39, 0.29) is 5.69 Å². The van der Waals surface area contributed by atoms with E-state index in [0.29, 0.717) is 12.6 Å². The monoisotopic (exact) mass is 285 g/mol. The topological polar surface area (TPSA) is 64.1 Å². The molecule has 1 aliphatic rings. The molecule has 21 heavy (non-hydrogen) atoms. The molecule has 0 bridgehead atoms. The van der Waals surface area contributed by atoms with Gasteiger partial charge in [-0.25, -0.2) is 4.79 Å². The summed E-state index contributed by atoms with van der Waals surface area (Å²) in [6, 6.07) is 8.12. The fourth-order valence-electron chi connectivity index (χ4n) is 2.82. The van der Waals surface area contributed by atoms with E-state index in [9.17, 15) is 4.79 Å². The Labute approximate surface area is 123 Å². The largest absolute Gasteiger partial charge is 0.461 e. The van der Waals surface area contributed by atoms with Gasteiger partial charge in [0.2, 0.25) is 0 Å². The Hall–Kier alpha value is -2.17. The zero-order chi connectivity index (χ0) is 14.7. The van der Waals surface area contributed by atoms with Gasteiger partial charge in [-0.05, 0) is 25.8 Å². The first-order valence-corrected chi connectivity index (χ1v) is 7.48. The maximum absolute atomic E-state index is 12.1. The van der Waals surface area contributed by atoms with E-state index in [1.165, 1.54) is 12.8 Å². The van der Waals surface area contributed by atoms with Crippen LogP contribution < -0.4 is 5.32 Å². The third-order valence-electron chi connectivity index (χ3n) is 3.84. The number of carbonyl (C=O) groups excluding carboxylic acids is 1. The summed E-state index contributed by atoms with van der Waals surface area (Å²) >= 11 is 0. The molecule has 2 aromatic rings. The van der Waals surface area contributed by atoms with Crippen LogP contribution in [0.15, 0.2) is 24.3 Å². The Morgan fingerprint density at radius 2 is 2.05 bits per heavy atom. The van der Waals surface area contributed by atoms with Crippen LogP contribution in [-0.4, -0.2) is 28.8 Å². The van der Waals surface area contributed by atoms with Gasteiger partial charge in [-0.15, -0.1) is 10.2 Å². The van der Waals surface area contributed by atoms with E-state index in [1.54, 1.807) is 6.92 Å². The Morgan fingerprint density at radius 1 is 1.29 bits per heavy atom. The molecule has 1 fully saturated rings. The lowest BCUT2D eigenvalue weighted by Crippen LogP contribution is -2.19. The molecule has 0 radical (unpaired) electrons. The van der Waals surface area contributed by atoms with Crippen molar-refractivity contribution in [2.45, 2.75) is 38.6 Å². The van der Waals surface area contributed by atoms with Crippen LogP contribution >= 0.6 is 0 Å². The number of hydrogen-bond acceptors (Lipinski definition) is 5. The molecule has 5 heteroatoms. The Kier molecular flexibility index (Phi) is 3.99. The minimum atomic E-state index is -0.420. The fourth-order valence-corrected chi connectivity index (χ4v) is 2.82. The third-order valence-corrected chi connectivity index (χ3v) is 3.84. The van der Waals surface area contributed by atoms with Crippen molar-refractivity contribution >= 4 is 22.6 Å². The van der Waals surface area contributed by atoms with E-state index in [1.807, 2.05) is 24.3 Å². The summed E-state index contributed by atoms with van der Waals surface area (Å²) in [7, 11) is 0. The smallest absolute Gasteiger partial charge is 0.361 e. The van der Waals surface area contributed by atoms with Crippen molar-refractivity contribution in [3.8, 4) is 0 Å². The van der Waals surface area contributed by atoms with Crippen molar-refractivity contribution in [2.75, 3.05) is 11.9 Å². The molecule has 1 aromatic carbocycles. The highest BCUT2D eigenvalue weighted by molar-refractivity contribution is 6.03. The molecule has 1 heterocycles. The van der Waals surface area contributed by atoms with Crippen molar-refractivity contribution < 1.29 is 9.53 Å². The molecule has 3 rings (SSSR count). The molecule has 1 saturated carbocycles. The van der Waals surface area contributed by atoms with Crippen molar-refractivity contribution in [2.24, 2.45) is 0 Å². The van der Waals surface area contributed by atoms with Gasteiger partial charge in [0.05, 0.1) is 17.8 Å². The van der Waals surface area contributed by atoms with E-state index in [2.05, 4.69) is 15.5 Å². The lowest BCUT2D eigenvalue weighted by molar-refractivity contribution is 0.0519. The number of anilines is 1. The number of benzene rings is 1. The van der Waals surface area contributed by atoms with Crippen LogP contribution in [0.5, 0.6) is 0 Å². The van der Waals surface area contributed by atoms with Gasteiger partial charge in [-0.1, -0.05) is 31.0 Å². The second kappa shape index (κ2) is 6.08. The molecule has 0 unspecified atom stereocenters. The van der Waals surface area contributed by atoms with Gasteiger partial charge in [-0.3, -0.25) is 0 Å². The molecule has 1 aromatic heterocycles. The molecule has 110 valence electrons. The van der Waals surface area contributed by atoms with E-state index >= 15 is 0 Å². The number of hydrogen-bond donors (Lipinski definition) is 1. The summed E-state index contributed by atoms with van der Waals surface area (Å²) < 4.78 is 5.10. The van der Waals surface area contributed by atoms with Gasteiger partial charge in [0.25, 0.3) is 0 Å². The summed E-state index contributed by atoms with van der Waals surface area (Å²) in [4.78, 5) is 12.1. The fraction of sp³-hybridized carbons (Fsp3) is 0.438. The van der Waals surface area contributed by atoms with Crippen molar-refractivity contribution in [3.63, 3.8) is 0 Å². The number of nitrogens with zero attached hydrogens (tertiary/aromatic N) is 2. The second-order valence-electron chi connectivity index (χ2n) is 5.29. The van der Waals surface area contributed by atoms with E-state index < -0.39 is 5.97 Å². The Morgan fingerprint density at radius 3 is 2.81 bits per heavy atom. The normalized spacial score (nSPS) is 15.3. The van der Waals surface area contributed by atoms with Crippen molar-refractivity contribution in [1.29, 1.82) is 0 Å². The number of ether oxygens (including phenoxy) is 1. The Bertz CT molecular complexity index is 651. The average molecular weight is 285 g/mol. The highest BCUT2D eigenvalue weighted by Crippen LogP contribution is 2.29. The number of aromatic nitrogens is 2. The lowest BCUT2D eigenvalue weighted by atomic mass is 10.1. The first-order valence-electron chi connectivity index (χ1n) is 7.48. The molecular weight excluding hydrogens is 266 g/mol. The zero-order valence-electron chi connectivity index (χ0n) is 12.1. The summed E-state index contributed by atoms with van der Waals surface area (Å²) in [5.41, 5.74) is 1.82. The maximum Gasteiger partial charge on any atom is 0.361 e. The molecule has 0 spiro atoms. The van der Waals surface area contributed by atoms with Gasteiger partial charge in [0.1, 0.15) is 0 Å². The standard InChI is InChI=1S/C16H19N3O2/c1-2-21-16(20)15-14(17-11-7-3-4-8-11)12-9-5-6-10-13(12)18-19-15/h5-6,9-11H,2-4,7-8H2,1H3,(H,17,18). The number of esters is 1. The number of fused-ring (bicyclic) bond motifs is 1. The minimum absolute atomic E-state index is 0.280. The van der Waals surface area contributed by atoms with Crippen LogP contribution in [0.4, 0.5) is 5.69 Å². The van der Waals surface area contributed by atoms with Gasteiger partial charge >= 0.3 is 5.97 Å². The second-order valence-corrected chi connectivity index (χ2v) is 5.29. The van der Waals surface area contributed by atoms with Crippen LogP contribution in [0.2, 0.25) is 0 Å². The maximum atomic E-state index is 12.1. The third kappa shape index (κ3) is 2.82. The number of carbonyl (C=O) groups is 1. The highest BCUT2D eigenvalue weighted by atomic mass is 16.5. The molecule has 1 N–H and O–H groups in total. The molecule has 0 atom stereocenters. The summed E-state index contributed by atoms with van der Waals surface area (Å²) in [5, 5.41) is 12.6. The van der Waals surface area contributed by atoms with Crippen LogP contribution in [0.25, 0.3) is 10.9 Å². The molecule has 5 nitrogen and oxygen atoms in total. The van der Waals surface area contributed by atoms with Gasteiger partial charge in [-0.2, -0.15) is 0 Å². The van der Waals surface area contributed by atoms with Crippen LogP contribution in [0.3, 0.4) is 0 Å².